The molecule has 0 radical (unpaired) electrons. The molecule has 0 aliphatic heterocycles. The van der Waals surface area contributed by atoms with Gasteiger partial charge in [0.25, 0.3) is 0 Å². The van der Waals surface area contributed by atoms with Crippen LogP contribution in [0.5, 0.6) is 0 Å². The number of amides is 1. The lowest BCUT2D eigenvalue weighted by Gasteiger charge is -2.33. The molecule has 1 rings (SSSR count). The van der Waals surface area contributed by atoms with E-state index in [0.717, 1.165) is 17.7 Å². The lowest BCUT2D eigenvalue weighted by molar-refractivity contribution is -0.167. The zero-order valence-electron chi connectivity index (χ0n) is 11.0. The second-order valence-corrected chi connectivity index (χ2v) is 5.43. The number of nitrogens with zero attached hydrogens (tertiary/aromatic N) is 1. The summed E-state index contributed by atoms with van der Waals surface area (Å²) in [5, 5.41) is 0. The third kappa shape index (κ3) is 4.15. The van der Waals surface area contributed by atoms with E-state index in [-0.39, 0.29) is 17.9 Å². The van der Waals surface area contributed by atoms with Gasteiger partial charge in [-0.3, -0.25) is 4.79 Å². The molecule has 1 fully saturated rings. The molecule has 0 saturated heterocycles. The van der Waals surface area contributed by atoms with Crippen molar-refractivity contribution < 1.29 is 18.0 Å². The first-order valence-electron chi connectivity index (χ1n) is 6.26. The molecule has 1 unspecified atom stereocenters. The number of rotatable bonds is 5. The summed E-state index contributed by atoms with van der Waals surface area (Å²) in [6.07, 6.45) is -2.60. The molecular weight excluding hydrogens is 245 g/mol. The smallest absolute Gasteiger partial charge is 0.329 e. The maximum atomic E-state index is 12.5. The van der Waals surface area contributed by atoms with Gasteiger partial charge < -0.3 is 10.6 Å². The van der Waals surface area contributed by atoms with Gasteiger partial charge in [-0.05, 0) is 31.6 Å². The Balaban J connectivity index is 2.79. The van der Waals surface area contributed by atoms with E-state index in [9.17, 15) is 18.0 Å². The SMILES string of the molecule is CC(C)[C@H](N)C(=O)N(CC(F)(F)F)C(C)C1CC1. The number of hydrogen-bond donors (Lipinski definition) is 1. The van der Waals surface area contributed by atoms with E-state index in [1.54, 1.807) is 20.8 Å². The van der Waals surface area contributed by atoms with Gasteiger partial charge in [0.1, 0.15) is 6.54 Å². The molecule has 1 aliphatic rings. The van der Waals surface area contributed by atoms with Crippen molar-refractivity contribution in [3.63, 3.8) is 0 Å². The van der Waals surface area contributed by atoms with E-state index in [0.29, 0.717) is 0 Å². The summed E-state index contributed by atoms with van der Waals surface area (Å²) < 4.78 is 37.6. The Morgan fingerprint density at radius 1 is 1.33 bits per heavy atom. The maximum Gasteiger partial charge on any atom is 0.406 e. The molecule has 0 heterocycles. The minimum Gasteiger partial charge on any atom is -0.329 e. The highest BCUT2D eigenvalue weighted by Crippen LogP contribution is 2.36. The van der Waals surface area contributed by atoms with Gasteiger partial charge in [0.2, 0.25) is 5.91 Å². The number of halogens is 3. The second-order valence-electron chi connectivity index (χ2n) is 5.43. The Morgan fingerprint density at radius 3 is 2.17 bits per heavy atom. The summed E-state index contributed by atoms with van der Waals surface area (Å²) in [5.41, 5.74) is 5.68. The van der Waals surface area contributed by atoms with Crippen molar-refractivity contribution >= 4 is 5.91 Å². The first-order chi connectivity index (χ1) is 8.13. The lowest BCUT2D eigenvalue weighted by atomic mass is 10.0. The van der Waals surface area contributed by atoms with Gasteiger partial charge in [-0.15, -0.1) is 0 Å². The van der Waals surface area contributed by atoms with Crippen molar-refractivity contribution in [2.75, 3.05) is 6.54 Å². The Kier molecular flexibility index (Phi) is 4.64. The van der Waals surface area contributed by atoms with Gasteiger partial charge in [-0.1, -0.05) is 13.8 Å². The molecule has 0 aromatic carbocycles. The summed E-state index contributed by atoms with van der Waals surface area (Å²) in [7, 11) is 0. The molecule has 0 aromatic rings. The van der Waals surface area contributed by atoms with Gasteiger partial charge in [0, 0.05) is 6.04 Å². The Labute approximate surface area is 106 Å². The molecule has 0 aromatic heterocycles. The van der Waals surface area contributed by atoms with Crippen molar-refractivity contribution in [3.05, 3.63) is 0 Å². The standard InChI is InChI=1S/C12H21F3N2O/c1-7(2)10(16)11(18)17(6-12(13,14)15)8(3)9-4-5-9/h7-10H,4-6,16H2,1-3H3/t8?,10-/m0/s1. The third-order valence-corrected chi connectivity index (χ3v) is 3.43. The molecule has 1 amide bonds. The van der Waals surface area contributed by atoms with E-state index in [2.05, 4.69) is 0 Å². The number of carbonyl (C=O) groups is 1. The highest BCUT2D eigenvalue weighted by atomic mass is 19.4. The third-order valence-electron chi connectivity index (χ3n) is 3.43. The molecule has 0 spiro atoms. The largest absolute Gasteiger partial charge is 0.406 e. The van der Waals surface area contributed by atoms with Crippen LogP contribution < -0.4 is 5.73 Å². The van der Waals surface area contributed by atoms with E-state index in [1.807, 2.05) is 0 Å². The lowest BCUT2D eigenvalue weighted by Crippen LogP contribution is -2.53. The maximum absolute atomic E-state index is 12.5. The van der Waals surface area contributed by atoms with Crippen molar-refractivity contribution in [2.45, 2.75) is 51.9 Å². The molecular formula is C12H21F3N2O. The van der Waals surface area contributed by atoms with E-state index >= 15 is 0 Å². The summed E-state index contributed by atoms with van der Waals surface area (Å²) in [6.45, 7) is 3.94. The number of alkyl halides is 3. The van der Waals surface area contributed by atoms with Gasteiger partial charge >= 0.3 is 6.18 Å². The number of carbonyl (C=O) groups excluding carboxylic acids is 1. The van der Waals surface area contributed by atoms with Crippen LogP contribution >= 0.6 is 0 Å². The summed E-state index contributed by atoms with van der Waals surface area (Å²) in [5.74, 6) is -0.572. The topological polar surface area (TPSA) is 46.3 Å². The van der Waals surface area contributed by atoms with Crippen LogP contribution in [-0.4, -0.2) is 35.6 Å². The molecule has 2 atom stereocenters. The predicted molar refractivity (Wildman–Crippen MR) is 62.8 cm³/mol. The summed E-state index contributed by atoms with van der Waals surface area (Å²) in [4.78, 5) is 12.9. The normalized spacial score (nSPS) is 19.8. The predicted octanol–water partition coefficient (Wildman–Crippen LogP) is 2.16. The average Bonchev–Trinajstić information content (AvgIpc) is 3.05. The number of hydrogen-bond acceptors (Lipinski definition) is 2. The molecule has 0 bridgehead atoms. The van der Waals surface area contributed by atoms with Gasteiger partial charge in [-0.2, -0.15) is 13.2 Å². The van der Waals surface area contributed by atoms with Crippen LogP contribution in [0.3, 0.4) is 0 Å². The van der Waals surface area contributed by atoms with Crippen LogP contribution in [-0.2, 0) is 4.79 Å². The minimum atomic E-state index is -4.38. The average molecular weight is 266 g/mol. The van der Waals surface area contributed by atoms with E-state index < -0.39 is 24.7 Å². The van der Waals surface area contributed by atoms with E-state index in [1.165, 1.54) is 0 Å². The Morgan fingerprint density at radius 2 is 1.83 bits per heavy atom. The quantitative estimate of drug-likeness (QED) is 0.829. The zero-order chi connectivity index (χ0) is 14.1. The van der Waals surface area contributed by atoms with Crippen LogP contribution in [0.1, 0.15) is 33.6 Å². The highest BCUT2D eigenvalue weighted by molar-refractivity contribution is 5.82. The zero-order valence-corrected chi connectivity index (χ0v) is 11.0. The van der Waals surface area contributed by atoms with Gasteiger partial charge in [-0.25, -0.2) is 0 Å². The Hall–Kier alpha value is -0.780. The van der Waals surface area contributed by atoms with Gasteiger partial charge in [0.15, 0.2) is 0 Å². The fraction of sp³-hybridized carbons (Fsp3) is 0.917. The van der Waals surface area contributed by atoms with Crippen molar-refractivity contribution in [1.82, 2.24) is 4.90 Å². The van der Waals surface area contributed by atoms with Crippen LogP contribution in [0, 0.1) is 11.8 Å². The van der Waals surface area contributed by atoms with E-state index in [4.69, 9.17) is 5.73 Å². The summed E-state index contributed by atoms with van der Waals surface area (Å²) in [6, 6.07) is -1.25. The second kappa shape index (κ2) is 5.47. The Bertz CT molecular complexity index is 300. The highest BCUT2D eigenvalue weighted by Gasteiger charge is 2.41. The van der Waals surface area contributed by atoms with Crippen molar-refractivity contribution in [1.29, 1.82) is 0 Å². The molecule has 1 saturated carbocycles. The number of nitrogens with two attached hydrogens (primary N) is 1. The monoisotopic (exact) mass is 266 g/mol. The minimum absolute atomic E-state index is 0.167. The molecule has 3 nitrogen and oxygen atoms in total. The van der Waals surface area contributed by atoms with Crippen LogP contribution in [0.25, 0.3) is 0 Å². The summed E-state index contributed by atoms with van der Waals surface area (Å²) >= 11 is 0. The fourth-order valence-corrected chi connectivity index (χ4v) is 1.93. The van der Waals surface area contributed by atoms with Crippen molar-refractivity contribution in [3.8, 4) is 0 Å². The molecule has 106 valence electrons. The van der Waals surface area contributed by atoms with Crippen molar-refractivity contribution in [2.24, 2.45) is 17.6 Å². The molecule has 18 heavy (non-hydrogen) atoms. The van der Waals surface area contributed by atoms with Crippen LogP contribution in [0.4, 0.5) is 13.2 Å². The molecule has 2 N–H and O–H groups in total. The molecule has 6 heteroatoms. The fourth-order valence-electron chi connectivity index (χ4n) is 1.93. The first kappa shape index (κ1) is 15.3. The van der Waals surface area contributed by atoms with Crippen LogP contribution in [0.2, 0.25) is 0 Å². The van der Waals surface area contributed by atoms with Gasteiger partial charge in [0.05, 0.1) is 6.04 Å². The molecule has 1 aliphatic carbocycles. The first-order valence-corrected chi connectivity index (χ1v) is 6.26. The van der Waals surface area contributed by atoms with Crippen LogP contribution in [0.15, 0.2) is 0 Å².